The van der Waals surface area contributed by atoms with Crippen molar-refractivity contribution in [1.82, 2.24) is 15.1 Å². The van der Waals surface area contributed by atoms with Gasteiger partial charge < -0.3 is 15.2 Å². The highest BCUT2D eigenvalue weighted by Gasteiger charge is 2.36. The molecule has 1 aliphatic rings. The third kappa shape index (κ3) is 6.30. The zero-order chi connectivity index (χ0) is 26.0. The van der Waals surface area contributed by atoms with Crippen molar-refractivity contribution in [2.45, 2.75) is 71.2 Å². The fraction of sp³-hybridized carbons (Fsp3) is 0.600. The standard InChI is InChI=1S/C25H33ClF3N3O3/c1-5-32-22(18-7-6-17(13-19(18)35-4)12-16(3)25(27,28)29)20(26)21(31-32)23(33)30-14-24(34)10-8-15(2)9-11-24/h6-7,13,15-16,34H,5,8-12,14H2,1-4H3,(H,30,33)/t15?,16-,24?/m1/s1. The van der Waals surface area contributed by atoms with Gasteiger partial charge in [0.2, 0.25) is 0 Å². The van der Waals surface area contributed by atoms with Crippen LogP contribution >= 0.6 is 11.6 Å². The Hall–Kier alpha value is -2.26. The number of hydrogen-bond donors (Lipinski definition) is 2. The smallest absolute Gasteiger partial charge is 0.391 e. The highest BCUT2D eigenvalue weighted by molar-refractivity contribution is 6.36. The van der Waals surface area contributed by atoms with E-state index in [0.29, 0.717) is 47.9 Å². The zero-order valence-electron chi connectivity index (χ0n) is 20.5. The minimum atomic E-state index is -4.29. The molecular weight excluding hydrogens is 483 g/mol. The summed E-state index contributed by atoms with van der Waals surface area (Å²) in [5, 5.41) is 18.0. The zero-order valence-corrected chi connectivity index (χ0v) is 21.3. The number of carbonyl (C=O) groups is 1. The summed E-state index contributed by atoms with van der Waals surface area (Å²) in [6, 6.07) is 4.79. The molecule has 1 fully saturated rings. The van der Waals surface area contributed by atoms with Gasteiger partial charge in [0.25, 0.3) is 5.91 Å². The average molecular weight is 516 g/mol. The summed E-state index contributed by atoms with van der Waals surface area (Å²) in [6.45, 7) is 5.64. The lowest BCUT2D eigenvalue weighted by Crippen LogP contribution is -2.45. The van der Waals surface area contributed by atoms with Crippen molar-refractivity contribution in [3.8, 4) is 17.0 Å². The molecule has 1 aliphatic carbocycles. The van der Waals surface area contributed by atoms with Crippen LogP contribution in [0.2, 0.25) is 5.02 Å². The second-order valence-electron chi connectivity index (χ2n) is 9.60. The molecule has 194 valence electrons. The van der Waals surface area contributed by atoms with Crippen molar-refractivity contribution < 1.29 is 27.8 Å². The summed E-state index contributed by atoms with van der Waals surface area (Å²) >= 11 is 6.61. The van der Waals surface area contributed by atoms with E-state index in [2.05, 4.69) is 17.3 Å². The van der Waals surface area contributed by atoms with Crippen molar-refractivity contribution in [2.75, 3.05) is 13.7 Å². The number of methoxy groups -OCH3 is 1. The predicted octanol–water partition coefficient (Wildman–Crippen LogP) is 5.64. The molecule has 6 nitrogen and oxygen atoms in total. The first-order chi connectivity index (χ1) is 16.4. The molecule has 0 spiro atoms. The van der Waals surface area contributed by atoms with Crippen LogP contribution in [0.5, 0.6) is 5.75 Å². The largest absolute Gasteiger partial charge is 0.496 e. The molecule has 3 rings (SSSR count). The van der Waals surface area contributed by atoms with E-state index in [9.17, 15) is 23.1 Å². The van der Waals surface area contributed by atoms with E-state index < -0.39 is 23.6 Å². The second-order valence-corrected chi connectivity index (χ2v) is 9.98. The van der Waals surface area contributed by atoms with Gasteiger partial charge in [-0.2, -0.15) is 18.3 Å². The molecule has 2 aromatic rings. The highest BCUT2D eigenvalue weighted by Crippen LogP contribution is 2.39. The van der Waals surface area contributed by atoms with E-state index in [4.69, 9.17) is 16.3 Å². The number of rotatable bonds is 8. The topological polar surface area (TPSA) is 76.4 Å². The van der Waals surface area contributed by atoms with Gasteiger partial charge in [0.1, 0.15) is 5.75 Å². The molecule has 1 heterocycles. The van der Waals surface area contributed by atoms with Crippen LogP contribution in [0.3, 0.4) is 0 Å². The third-order valence-electron chi connectivity index (χ3n) is 6.81. The number of hydrogen-bond acceptors (Lipinski definition) is 4. The Morgan fingerprint density at radius 2 is 2.03 bits per heavy atom. The molecule has 0 saturated heterocycles. The van der Waals surface area contributed by atoms with Crippen LogP contribution < -0.4 is 10.1 Å². The van der Waals surface area contributed by atoms with E-state index in [0.717, 1.165) is 19.8 Å². The van der Waals surface area contributed by atoms with Crippen LogP contribution in [0.4, 0.5) is 13.2 Å². The van der Waals surface area contributed by atoms with E-state index in [-0.39, 0.29) is 23.7 Å². The molecule has 1 aromatic carbocycles. The van der Waals surface area contributed by atoms with Crippen molar-refractivity contribution in [1.29, 1.82) is 0 Å². The number of halogens is 4. The molecule has 1 aromatic heterocycles. The summed E-state index contributed by atoms with van der Waals surface area (Å²) in [6.07, 6.45) is -1.43. The summed E-state index contributed by atoms with van der Waals surface area (Å²) in [5.74, 6) is -1.10. The van der Waals surface area contributed by atoms with Crippen molar-refractivity contribution in [3.05, 3.63) is 34.5 Å². The number of aryl methyl sites for hydroxylation is 1. The van der Waals surface area contributed by atoms with E-state index in [1.165, 1.54) is 7.11 Å². The molecule has 1 atom stereocenters. The summed E-state index contributed by atoms with van der Waals surface area (Å²) in [4.78, 5) is 12.9. The first-order valence-electron chi connectivity index (χ1n) is 11.9. The predicted molar refractivity (Wildman–Crippen MR) is 129 cm³/mol. The fourth-order valence-electron chi connectivity index (χ4n) is 4.40. The molecule has 0 unspecified atom stereocenters. The average Bonchev–Trinajstić information content (AvgIpc) is 3.15. The van der Waals surface area contributed by atoms with Gasteiger partial charge in [0, 0.05) is 18.7 Å². The maximum Gasteiger partial charge on any atom is 0.391 e. The highest BCUT2D eigenvalue weighted by atomic mass is 35.5. The van der Waals surface area contributed by atoms with Crippen LogP contribution in [-0.4, -0.2) is 46.2 Å². The number of aliphatic hydroxyl groups is 1. The van der Waals surface area contributed by atoms with Crippen molar-refractivity contribution in [3.63, 3.8) is 0 Å². The lowest BCUT2D eigenvalue weighted by molar-refractivity contribution is -0.169. The molecule has 1 saturated carbocycles. The Morgan fingerprint density at radius 3 is 2.60 bits per heavy atom. The quantitative estimate of drug-likeness (QED) is 0.477. The molecule has 1 amide bonds. The van der Waals surface area contributed by atoms with Crippen molar-refractivity contribution >= 4 is 17.5 Å². The Labute approximate surface area is 208 Å². The second kappa shape index (κ2) is 10.8. The number of nitrogens with zero attached hydrogens (tertiary/aromatic N) is 2. The third-order valence-corrected chi connectivity index (χ3v) is 7.17. The number of ether oxygens (including phenoxy) is 1. The van der Waals surface area contributed by atoms with Crippen LogP contribution in [-0.2, 0) is 13.0 Å². The van der Waals surface area contributed by atoms with Gasteiger partial charge in [0.15, 0.2) is 5.69 Å². The van der Waals surface area contributed by atoms with Crippen LogP contribution in [0.25, 0.3) is 11.3 Å². The molecule has 2 N–H and O–H groups in total. The molecule has 35 heavy (non-hydrogen) atoms. The molecule has 0 bridgehead atoms. The summed E-state index contributed by atoms with van der Waals surface area (Å²) < 4.78 is 46.0. The maximum atomic E-state index is 13.0. The normalized spacial score (nSPS) is 21.6. The maximum absolute atomic E-state index is 13.0. The number of carbonyl (C=O) groups excluding carboxylic acids is 1. The lowest BCUT2D eigenvalue weighted by Gasteiger charge is -2.34. The van der Waals surface area contributed by atoms with E-state index in [1.54, 1.807) is 22.9 Å². The van der Waals surface area contributed by atoms with Gasteiger partial charge in [-0.3, -0.25) is 9.48 Å². The van der Waals surface area contributed by atoms with Crippen LogP contribution in [0, 0.1) is 11.8 Å². The molecular formula is C25H33ClF3N3O3. The number of nitrogens with one attached hydrogen (secondary N) is 1. The van der Waals surface area contributed by atoms with Crippen LogP contribution in [0.15, 0.2) is 18.2 Å². The van der Waals surface area contributed by atoms with E-state index >= 15 is 0 Å². The first kappa shape index (κ1) is 27.3. The molecule has 0 radical (unpaired) electrons. The number of benzene rings is 1. The first-order valence-corrected chi connectivity index (χ1v) is 12.3. The summed E-state index contributed by atoms with van der Waals surface area (Å²) in [5.41, 5.74) is 0.512. The minimum absolute atomic E-state index is 0.0214. The Kier molecular flexibility index (Phi) is 8.42. The van der Waals surface area contributed by atoms with Gasteiger partial charge in [-0.15, -0.1) is 0 Å². The number of amides is 1. The van der Waals surface area contributed by atoms with E-state index in [1.807, 2.05) is 6.92 Å². The number of aromatic nitrogens is 2. The van der Waals surface area contributed by atoms with Gasteiger partial charge in [-0.05, 0) is 62.6 Å². The van der Waals surface area contributed by atoms with Gasteiger partial charge >= 0.3 is 6.18 Å². The number of alkyl halides is 3. The molecule has 10 heteroatoms. The fourth-order valence-corrected chi connectivity index (χ4v) is 4.73. The van der Waals surface area contributed by atoms with Gasteiger partial charge in [-0.25, -0.2) is 0 Å². The minimum Gasteiger partial charge on any atom is -0.496 e. The van der Waals surface area contributed by atoms with Crippen LogP contribution in [0.1, 0.15) is 62.5 Å². The Morgan fingerprint density at radius 1 is 1.37 bits per heavy atom. The SMILES string of the molecule is CCn1nc(C(=O)NCC2(O)CCC(C)CC2)c(Cl)c1-c1ccc(C[C@@H](C)C(F)(F)F)cc1OC. The van der Waals surface area contributed by atoms with Crippen molar-refractivity contribution in [2.24, 2.45) is 11.8 Å². The molecule has 0 aliphatic heterocycles. The summed E-state index contributed by atoms with van der Waals surface area (Å²) in [7, 11) is 1.43. The lowest BCUT2D eigenvalue weighted by atomic mass is 9.79. The Balaban J connectivity index is 1.85. The van der Waals surface area contributed by atoms with Gasteiger partial charge in [0.05, 0.1) is 29.3 Å². The monoisotopic (exact) mass is 515 g/mol. The Bertz CT molecular complexity index is 1050. The van der Waals surface area contributed by atoms with Gasteiger partial charge in [-0.1, -0.05) is 31.5 Å².